The summed E-state index contributed by atoms with van der Waals surface area (Å²) >= 11 is 0. The quantitative estimate of drug-likeness (QED) is 0.0871. The lowest BCUT2D eigenvalue weighted by molar-refractivity contribution is 1.04. The number of hydrogen-bond donors (Lipinski definition) is 0. The molecule has 0 saturated heterocycles. The Labute approximate surface area is 297 Å². The summed E-state index contributed by atoms with van der Waals surface area (Å²) in [5.74, 6) is 0. The maximum Gasteiger partial charge on any atom is 0.0537 e. The van der Waals surface area contributed by atoms with Crippen LogP contribution in [0.15, 0.2) is 165 Å². The van der Waals surface area contributed by atoms with Crippen LogP contribution in [0.5, 0.6) is 0 Å². The van der Waals surface area contributed by atoms with Crippen molar-refractivity contribution in [2.45, 2.75) is 26.7 Å². The van der Waals surface area contributed by atoms with Crippen LogP contribution in [0.4, 0.5) is 0 Å². The fourth-order valence-electron chi connectivity index (χ4n) is 6.78. The van der Waals surface area contributed by atoms with Gasteiger partial charge in [-0.05, 0) is 115 Å². The molecule has 0 aliphatic rings. The lowest BCUT2D eigenvalue weighted by atomic mass is 10.0. The first-order valence-electron chi connectivity index (χ1n) is 17.1. The minimum Gasteiger partial charge on any atom is -0.310 e. The van der Waals surface area contributed by atoms with E-state index < -0.39 is 0 Å². The Hall–Kier alpha value is -6.12. The SMILES string of the molecule is C=C/C=C\c1c(C)c2cc(C/C=C\c3c(C=C)c(C)c(/C=C(\C=C)CC=C)n3-c3ccccc3)ccc2n1-c1cccc(-c2ccccc2)c1. The molecule has 4 aromatic carbocycles. The lowest BCUT2D eigenvalue weighted by Crippen LogP contribution is -2.00. The van der Waals surface area contributed by atoms with Crippen LogP contribution in [0.2, 0.25) is 0 Å². The van der Waals surface area contributed by atoms with Crippen LogP contribution in [0, 0.1) is 13.8 Å². The molecule has 0 bridgehead atoms. The molecule has 0 atom stereocenters. The molecule has 0 aliphatic heterocycles. The normalized spacial score (nSPS) is 11.8. The molecule has 0 spiro atoms. The highest BCUT2D eigenvalue weighted by Gasteiger charge is 2.18. The van der Waals surface area contributed by atoms with Gasteiger partial charge in [-0.3, -0.25) is 0 Å². The largest absolute Gasteiger partial charge is 0.310 e. The average molecular weight is 649 g/mol. The standard InChI is InChI=1S/C48H44N2/c1-7-11-28-45-36(6)44-32-38(30-31-47(44)50(45)42-27-19-24-40(34-42)39-22-14-12-15-23-39)21-18-29-46-43(10-4)35(5)48(33-37(9-3)20-8-2)49(46)41-25-16-13-17-26-41/h7-19,22-34H,1-4,20-21H2,5-6H3/b28-11-,29-18-,37-33+. The minimum absolute atomic E-state index is 0.755. The number of hydrogen-bond acceptors (Lipinski definition) is 0. The van der Waals surface area contributed by atoms with Crippen LogP contribution < -0.4 is 0 Å². The molecule has 0 aliphatic carbocycles. The summed E-state index contributed by atoms with van der Waals surface area (Å²) in [4.78, 5) is 0. The van der Waals surface area contributed by atoms with Gasteiger partial charge in [0.2, 0.25) is 0 Å². The summed E-state index contributed by atoms with van der Waals surface area (Å²) in [7, 11) is 0. The maximum atomic E-state index is 4.21. The van der Waals surface area contributed by atoms with Gasteiger partial charge in [0.1, 0.15) is 0 Å². The molecule has 2 heteroatoms. The predicted octanol–water partition coefficient (Wildman–Crippen LogP) is 12.9. The summed E-state index contributed by atoms with van der Waals surface area (Å²) < 4.78 is 4.69. The number of rotatable bonds is 13. The van der Waals surface area contributed by atoms with E-state index in [1.807, 2.05) is 30.4 Å². The highest BCUT2D eigenvalue weighted by molar-refractivity contribution is 5.91. The van der Waals surface area contributed by atoms with E-state index in [9.17, 15) is 0 Å². The first-order chi connectivity index (χ1) is 24.5. The van der Waals surface area contributed by atoms with Gasteiger partial charge in [-0.15, -0.1) is 6.58 Å². The van der Waals surface area contributed by atoms with Crippen molar-refractivity contribution in [3.63, 3.8) is 0 Å². The van der Waals surface area contributed by atoms with Gasteiger partial charge < -0.3 is 9.13 Å². The molecule has 246 valence electrons. The molecular weight excluding hydrogens is 605 g/mol. The van der Waals surface area contributed by atoms with Crippen molar-refractivity contribution in [2.75, 3.05) is 0 Å². The smallest absolute Gasteiger partial charge is 0.0537 e. The molecule has 6 rings (SSSR count). The highest BCUT2D eigenvalue weighted by Crippen LogP contribution is 2.34. The van der Waals surface area contributed by atoms with E-state index >= 15 is 0 Å². The molecule has 2 nitrogen and oxygen atoms in total. The van der Waals surface area contributed by atoms with Gasteiger partial charge in [-0.1, -0.05) is 123 Å². The van der Waals surface area contributed by atoms with Crippen LogP contribution in [-0.4, -0.2) is 9.13 Å². The maximum absolute atomic E-state index is 4.21. The second-order valence-corrected chi connectivity index (χ2v) is 12.4. The zero-order valence-corrected chi connectivity index (χ0v) is 29.1. The zero-order chi connectivity index (χ0) is 35.0. The third kappa shape index (κ3) is 6.74. The Balaban J connectivity index is 1.41. The van der Waals surface area contributed by atoms with E-state index in [2.05, 4.69) is 177 Å². The molecule has 0 amide bonds. The van der Waals surface area contributed by atoms with E-state index in [0.29, 0.717) is 0 Å². The van der Waals surface area contributed by atoms with Crippen LogP contribution in [-0.2, 0) is 6.42 Å². The summed E-state index contributed by atoms with van der Waals surface area (Å²) in [5, 5.41) is 1.24. The molecule has 0 N–H and O–H groups in total. The van der Waals surface area contributed by atoms with Crippen molar-refractivity contribution in [2.24, 2.45) is 0 Å². The van der Waals surface area contributed by atoms with Gasteiger partial charge in [-0.2, -0.15) is 0 Å². The summed E-state index contributed by atoms with van der Waals surface area (Å²) in [6, 6.07) is 36.7. The van der Waals surface area contributed by atoms with E-state index in [-0.39, 0.29) is 0 Å². The van der Waals surface area contributed by atoms with E-state index in [1.165, 1.54) is 38.7 Å². The van der Waals surface area contributed by atoms with Gasteiger partial charge in [-0.25, -0.2) is 0 Å². The van der Waals surface area contributed by atoms with Crippen molar-refractivity contribution < 1.29 is 0 Å². The van der Waals surface area contributed by atoms with Crippen LogP contribution in [0.1, 0.15) is 45.8 Å². The van der Waals surface area contributed by atoms with Gasteiger partial charge in [0, 0.05) is 28.0 Å². The van der Waals surface area contributed by atoms with Crippen molar-refractivity contribution in [3.05, 3.63) is 205 Å². The number of aryl methyl sites for hydroxylation is 1. The first-order valence-corrected chi connectivity index (χ1v) is 17.1. The van der Waals surface area contributed by atoms with Crippen LogP contribution in [0.25, 0.3) is 57.7 Å². The first kappa shape index (κ1) is 33.8. The third-order valence-corrected chi connectivity index (χ3v) is 9.29. The fraction of sp³-hybridized carbons (Fsp3) is 0.0833. The summed E-state index contributed by atoms with van der Waals surface area (Å²) in [6.07, 6.45) is 20.1. The third-order valence-electron chi connectivity index (χ3n) is 9.29. The van der Waals surface area contributed by atoms with E-state index in [0.717, 1.165) is 52.4 Å². The van der Waals surface area contributed by atoms with Gasteiger partial charge >= 0.3 is 0 Å². The highest BCUT2D eigenvalue weighted by atomic mass is 15.0. The van der Waals surface area contributed by atoms with Crippen molar-refractivity contribution in [1.29, 1.82) is 0 Å². The Kier molecular flexibility index (Phi) is 10.4. The number of para-hydroxylation sites is 1. The van der Waals surface area contributed by atoms with Gasteiger partial charge in [0.05, 0.1) is 16.9 Å². The van der Waals surface area contributed by atoms with E-state index in [1.54, 1.807) is 0 Å². The molecule has 2 heterocycles. The Bertz CT molecular complexity index is 2280. The van der Waals surface area contributed by atoms with Gasteiger partial charge in [0.15, 0.2) is 0 Å². The van der Waals surface area contributed by atoms with E-state index in [4.69, 9.17) is 0 Å². The number of allylic oxidation sites excluding steroid dienone is 6. The van der Waals surface area contributed by atoms with Crippen molar-refractivity contribution in [1.82, 2.24) is 9.13 Å². The number of fused-ring (bicyclic) bond motifs is 1. The number of nitrogens with zero attached hydrogens (tertiary/aromatic N) is 2. The van der Waals surface area contributed by atoms with Gasteiger partial charge in [0.25, 0.3) is 0 Å². The van der Waals surface area contributed by atoms with Crippen LogP contribution >= 0.6 is 0 Å². The Morgan fingerprint density at radius 1 is 0.660 bits per heavy atom. The Morgan fingerprint density at radius 2 is 1.38 bits per heavy atom. The lowest BCUT2D eigenvalue weighted by Gasteiger charge is -2.12. The second-order valence-electron chi connectivity index (χ2n) is 12.4. The molecule has 0 fully saturated rings. The molecule has 0 radical (unpaired) electrons. The molecule has 6 aromatic rings. The molecule has 2 aromatic heterocycles. The summed E-state index contributed by atoms with van der Waals surface area (Å²) in [5.41, 5.74) is 15.1. The molecule has 50 heavy (non-hydrogen) atoms. The molecule has 0 unspecified atom stereocenters. The predicted molar refractivity (Wildman–Crippen MR) is 219 cm³/mol. The second kappa shape index (κ2) is 15.4. The van der Waals surface area contributed by atoms with Crippen molar-refractivity contribution >= 4 is 35.2 Å². The van der Waals surface area contributed by atoms with Crippen molar-refractivity contribution in [3.8, 4) is 22.5 Å². The topological polar surface area (TPSA) is 9.86 Å². The number of benzene rings is 4. The fourth-order valence-corrected chi connectivity index (χ4v) is 6.78. The zero-order valence-electron chi connectivity index (χ0n) is 29.1. The average Bonchev–Trinajstić information content (AvgIpc) is 3.59. The Morgan fingerprint density at radius 3 is 2.08 bits per heavy atom. The summed E-state index contributed by atoms with van der Waals surface area (Å²) in [6.45, 7) is 20.5. The molecule has 0 saturated carbocycles. The number of aromatic nitrogens is 2. The minimum atomic E-state index is 0.755. The van der Waals surface area contributed by atoms with Crippen LogP contribution in [0.3, 0.4) is 0 Å². The monoisotopic (exact) mass is 648 g/mol. The molecular formula is C48H44N2.